The lowest BCUT2D eigenvalue weighted by atomic mass is 9.86. The van der Waals surface area contributed by atoms with Crippen LogP contribution in [0.3, 0.4) is 0 Å². The fraction of sp³-hybridized carbons (Fsp3) is 0.500. The molecular formula is C10H13NOS. The van der Waals surface area contributed by atoms with Crippen LogP contribution in [0.25, 0.3) is 5.57 Å². The van der Waals surface area contributed by atoms with Gasteiger partial charge in [0.2, 0.25) is 0 Å². The second-order valence-electron chi connectivity index (χ2n) is 3.72. The molecule has 0 saturated heterocycles. The molecule has 1 heterocycles. The zero-order valence-corrected chi connectivity index (χ0v) is 8.42. The van der Waals surface area contributed by atoms with Crippen molar-refractivity contribution in [3.05, 3.63) is 23.2 Å². The monoisotopic (exact) mass is 195 g/mol. The smallest absolute Gasteiger partial charge is 0.0729 e. The molecule has 1 aliphatic carbocycles. The van der Waals surface area contributed by atoms with Crippen LogP contribution in [-0.2, 0) is 0 Å². The van der Waals surface area contributed by atoms with E-state index in [1.54, 1.807) is 0 Å². The summed E-state index contributed by atoms with van der Waals surface area (Å²) in [4.78, 5) is 0. The summed E-state index contributed by atoms with van der Waals surface area (Å²) in [5, 5.41) is 11.6. The third-order valence-electron chi connectivity index (χ3n) is 2.41. The summed E-state index contributed by atoms with van der Waals surface area (Å²) in [6.07, 6.45) is 5.53. The van der Waals surface area contributed by atoms with Crippen LogP contribution < -0.4 is 0 Å². The average molecular weight is 195 g/mol. The minimum Gasteiger partial charge on any atom is -0.389 e. The van der Waals surface area contributed by atoms with Crippen molar-refractivity contribution in [2.45, 2.75) is 25.9 Å². The fourth-order valence-corrected chi connectivity index (χ4v) is 2.38. The Bertz CT molecular complexity index is 305. The maximum atomic E-state index is 9.56. The highest BCUT2D eigenvalue weighted by molar-refractivity contribution is 7.03. The van der Waals surface area contributed by atoms with Crippen LogP contribution in [0.15, 0.2) is 17.7 Å². The summed E-state index contributed by atoms with van der Waals surface area (Å²) in [5.74, 6) is 0.579. The zero-order chi connectivity index (χ0) is 9.26. The van der Waals surface area contributed by atoms with Crippen LogP contribution in [0, 0.1) is 5.92 Å². The number of aromatic nitrogens is 1. The van der Waals surface area contributed by atoms with Crippen LogP contribution in [0.4, 0.5) is 0 Å². The molecule has 2 unspecified atom stereocenters. The summed E-state index contributed by atoms with van der Waals surface area (Å²) >= 11 is 1.46. The van der Waals surface area contributed by atoms with Crippen LogP contribution >= 0.6 is 11.5 Å². The Morgan fingerprint density at radius 2 is 2.46 bits per heavy atom. The number of hydrogen-bond donors (Lipinski definition) is 1. The minimum atomic E-state index is -0.265. The van der Waals surface area contributed by atoms with E-state index in [2.05, 4.69) is 11.3 Å². The summed E-state index contributed by atoms with van der Waals surface area (Å²) in [7, 11) is 0. The van der Waals surface area contributed by atoms with Gasteiger partial charge in [-0.05, 0) is 35.9 Å². The van der Waals surface area contributed by atoms with E-state index in [9.17, 15) is 5.11 Å². The molecule has 13 heavy (non-hydrogen) atoms. The van der Waals surface area contributed by atoms with E-state index in [4.69, 9.17) is 0 Å². The van der Waals surface area contributed by atoms with Gasteiger partial charge in [-0.15, -0.1) is 0 Å². The number of hydrogen-bond acceptors (Lipinski definition) is 3. The lowest BCUT2D eigenvalue weighted by Gasteiger charge is -2.22. The molecule has 1 aromatic rings. The van der Waals surface area contributed by atoms with Gasteiger partial charge >= 0.3 is 0 Å². The Morgan fingerprint density at radius 3 is 3.08 bits per heavy atom. The van der Waals surface area contributed by atoms with Crippen molar-refractivity contribution in [2.75, 3.05) is 0 Å². The molecule has 70 valence electrons. The van der Waals surface area contributed by atoms with Gasteiger partial charge in [-0.2, -0.15) is 0 Å². The highest BCUT2D eigenvalue weighted by Crippen LogP contribution is 2.30. The van der Waals surface area contributed by atoms with Crippen molar-refractivity contribution in [1.29, 1.82) is 0 Å². The van der Waals surface area contributed by atoms with Crippen LogP contribution in [-0.4, -0.2) is 15.6 Å². The van der Waals surface area contributed by atoms with Gasteiger partial charge in [0.15, 0.2) is 0 Å². The summed E-state index contributed by atoms with van der Waals surface area (Å²) in [6, 6.07) is 0. The lowest BCUT2D eigenvalue weighted by molar-refractivity contribution is 0.185. The molecule has 0 aliphatic heterocycles. The Kier molecular flexibility index (Phi) is 2.47. The van der Waals surface area contributed by atoms with Crippen LogP contribution in [0.2, 0.25) is 0 Å². The van der Waals surface area contributed by atoms with Gasteiger partial charge in [-0.25, -0.2) is 4.37 Å². The van der Waals surface area contributed by atoms with Crippen molar-refractivity contribution in [3.63, 3.8) is 0 Å². The van der Waals surface area contributed by atoms with E-state index in [1.807, 2.05) is 17.7 Å². The second kappa shape index (κ2) is 3.60. The second-order valence-corrected chi connectivity index (χ2v) is 4.37. The molecule has 0 spiro atoms. The Morgan fingerprint density at radius 1 is 1.62 bits per heavy atom. The van der Waals surface area contributed by atoms with Gasteiger partial charge in [0.25, 0.3) is 0 Å². The van der Waals surface area contributed by atoms with Crippen molar-refractivity contribution in [1.82, 2.24) is 4.37 Å². The number of aliphatic hydroxyl groups excluding tert-OH is 1. The van der Waals surface area contributed by atoms with E-state index >= 15 is 0 Å². The lowest BCUT2D eigenvalue weighted by Crippen LogP contribution is -2.15. The molecule has 2 atom stereocenters. The standard InChI is InChI=1S/C10H13NOS/c1-7-2-8(4-10(12)3-7)9-5-11-13-6-9/h4-7,10,12H,2-3H2,1H3. The van der Waals surface area contributed by atoms with E-state index in [0.717, 1.165) is 12.8 Å². The molecule has 0 radical (unpaired) electrons. The quantitative estimate of drug-likeness (QED) is 0.746. The van der Waals surface area contributed by atoms with Gasteiger partial charge in [0.1, 0.15) is 0 Å². The maximum Gasteiger partial charge on any atom is 0.0729 e. The third kappa shape index (κ3) is 1.98. The van der Waals surface area contributed by atoms with E-state index < -0.39 is 0 Å². The minimum absolute atomic E-state index is 0.265. The predicted octanol–water partition coefficient (Wildman–Crippen LogP) is 2.32. The molecule has 3 heteroatoms. The summed E-state index contributed by atoms with van der Waals surface area (Å²) in [5.41, 5.74) is 2.43. The highest BCUT2D eigenvalue weighted by atomic mass is 32.1. The fourth-order valence-electron chi connectivity index (χ4n) is 1.82. The number of allylic oxidation sites excluding steroid dienone is 1. The van der Waals surface area contributed by atoms with Gasteiger partial charge in [-0.3, -0.25) is 0 Å². The van der Waals surface area contributed by atoms with Crippen molar-refractivity contribution >= 4 is 17.1 Å². The third-order valence-corrected chi connectivity index (χ3v) is 3.00. The summed E-state index contributed by atoms with van der Waals surface area (Å²) in [6.45, 7) is 2.18. The van der Waals surface area contributed by atoms with Gasteiger partial charge in [-0.1, -0.05) is 13.0 Å². The first-order valence-corrected chi connectivity index (χ1v) is 5.38. The van der Waals surface area contributed by atoms with Gasteiger partial charge < -0.3 is 5.11 Å². The molecule has 0 saturated carbocycles. The number of nitrogens with zero attached hydrogens (tertiary/aromatic N) is 1. The number of aliphatic hydroxyl groups is 1. The Balaban J connectivity index is 2.24. The molecule has 0 bridgehead atoms. The first kappa shape index (κ1) is 8.91. The SMILES string of the molecule is CC1CC(c2cnsc2)=CC(O)C1. The van der Waals surface area contributed by atoms with E-state index in [1.165, 1.54) is 22.7 Å². The topological polar surface area (TPSA) is 33.1 Å². The van der Waals surface area contributed by atoms with Gasteiger partial charge in [0.05, 0.1) is 6.10 Å². The van der Waals surface area contributed by atoms with Crippen molar-refractivity contribution in [2.24, 2.45) is 5.92 Å². The Hall–Kier alpha value is -0.670. The molecule has 0 amide bonds. The van der Waals surface area contributed by atoms with E-state index in [-0.39, 0.29) is 6.10 Å². The van der Waals surface area contributed by atoms with Crippen molar-refractivity contribution < 1.29 is 5.11 Å². The molecule has 0 fully saturated rings. The van der Waals surface area contributed by atoms with Crippen LogP contribution in [0.1, 0.15) is 25.3 Å². The largest absolute Gasteiger partial charge is 0.389 e. The number of rotatable bonds is 1. The molecule has 1 N–H and O–H groups in total. The molecule has 1 aliphatic rings. The van der Waals surface area contributed by atoms with Crippen LogP contribution in [0.5, 0.6) is 0 Å². The van der Waals surface area contributed by atoms with E-state index in [0.29, 0.717) is 5.92 Å². The first-order chi connectivity index (χ1) is 6.25. The normalized spacial score (nSPS) is 28.6. The van der Waals surface area contributed by atoms with Crippen molar-refractivity contribution in [3.8, 4) is 0 Å². The summed E-state index contributed by atoms with van der Waals surface area (Å²) < 4.78 is 4.07. The molecule has 2 nitrogen and oxygen atoms in total. The molecule has 0 aromatic carbocycles. The van der Waals surface area contributed by atoms with Gasteiger partial charge in [0, 0.05) is 17.1 Å². The Labute approximate surface area is 82.1 Å². The molecule has 1 aromatic heterocycles. The molecule has 2 rings (SSSR count). The average Bonchev–Trinajstić information content (AvgIpc) is 2.53. The first-order valence-electron chi connectivity index (χ1n) is 4.54. The zero-order valence-electron chi connectivity index (χ0n) is 7.60. The molecular weight excluding hydrogens is 182 g/mol. The highest BCUT2D eigenvalue weighted by Gasteiger charge is 2.18. The maximum absolute atomic E-state index is 9.56. The predicted molar refractivity (Wildman–Crippen MR) is 54.5 cm³/mol.